The van der Waals surface area contributed by atoms with E-state index in [-0.39, 0.29) is 15.7 Å². The zero-order valence-electron chi connectivity index (χ0n) is 16.2. The van der Waals surface area contributed by atoms with Gasteiger partial charge in [0.1, 0.15) is 17.3 Å². The molecule has 0 radical (unpaired) electrons. The smallest absolute Gasteiger partial charge is 0.257 e. The molecule has 1 aliphatic heterocycles. The maximum absolute atomic E-state index is 13.0. The van der Waals surface area contributed by atoms with Crippen molar-refractivity contribution < 1.29 is 9.53 Å². The van der Waals surface area contributed by atoms with Crippen molar-refractivity contribution >= 4 is 52.2 Å². The first kappa shape index (κ1) is 20.5. The van der Waals surface area contributed by atoms with E-state index in [9.17, 15) is 4.79 Å². The van der Waals surface area contributed by atoms with Crippen molar-refractivity contribution in [3.8, 4) is 11.8 Å². The highest BCUT2D eigenvalue weighted by atomic mass is 35.5. The van der Waals surface area contributed by atoms with Gasteiger partial charge in [0.2, 0.25) is 0 Å². The molecule has 7 nitrogen and oxygen atoms in total. The number of aromatic nitrogens is 1. The van der Waals surface area contributed by atoms with Gasteiger partial charge in [-0.3, -0.25) is 9.78 Å². The fraction of sp³-hybridized carbons (Fsp3) is 0.0455. The maximum atomic E-state index is 13.0. The van der Waals surface area contributed by atoms with Gasteiger partial charge in [0.25, 0.3) is 5.91 Å². The molecule has 0 unspecified atom stereocenters. The number of nitrogens with zero attached hydrogens (tertiary/aromatic N) is 2. The Morgan fingerprint density at radius 2 is 1.77 bits per heavy atom. The molecule has 1 aromatic heterocycles. The molecular formula is C22H15Cl2N5O2. The maximum Gasteiger partial charge on any atom is 0.257 e. The van der Waals surface area contributed by atoms with E-state index in [0.717, 1.165) is 5.56 Å². The highest BCUT2D eigenvalue weighted by Crippen LogP contribution is 2.42. The van der Waals surface area contributed by atoms with Gasteiger partial charge >= 0.3 is 0 Å². The molecule has 9 heteroatoms. The molecule has 31 heavy (non-hydrogen) atoms. The average Bonchev–Trinajstić information content (AvgIpc) is 3.19. The fourth-order valence-electron chi connectivity index (χ4n) is 3.10. The lowest BCUT2D eigenvalue weighted by atomic mass is 10.1. The molecule has 0 saturated carbocycles. The molecule has 4 rings (SSSR count). The molecule has 1 aliphatic rings. The van der Waals surface area contributed by atoms with E-state index in [2.05, 4.69) is 27.0 Å². The van der Waals surface area contributed by atoms with Gasteiger partial charge in [-0.25, -0.2) is 0 Å². The van der Waals surface area contributed by atoms with Crippen molar-refractivity contribution in [2.45, 2.75) is 0 Å². The number of carbonyl (C=O) groups is 1. The topological polar surface area (TPSA) is 99.1 Å². The molecule has 0 atom stereocenters. The highest BCUT2D eigenvalue weighted by Gasteiger charge is 2.26. The number of amides is 1. The highest BCUT2D eigenvalue weighted by molar-refractivity contribution is 6.39. The van der Waals surface area contributed by atoms with Crippen LogP contribution in [0.4, 0.5) is 17.1 Å². The lowest BCUT2D eigenvalue weighted by molar-refractivity contribution is 0.102. The van der Waals surface area contributed by atoms with Gasteiger partial charge in [-0.1, -0.05) is 35.3 Å². The summed E-state index contributed by atoms with van der Waals surface area (Å²) >= 11 is 12.2. The van der Waals surface area contributed by atoms with Gasteiger partial charge < -0.3 is 20.7 Å². The lowest BCUT2D eigenvalue weighted by Crippen LogP contribution is -2.14. The van der Waals surface area contributed by atoms with E-state index >= 15 is 0 Å². The first-order chi connectivity index (χ1) is 15.0. The van der Waals surface area contributed by atoms with Crippen molar-refractivity contribution in [1.82, 2.24) is 4.98 Å². The van der Waals surface area contributed by atoms with Crippen LogP contribution >= 0.6 is 23.2 Å². The Morgan fingerprint density at radius 3 is 2.42 bits per heavy atom. The molecule has 0 fully saturated rings. The summed E-state index contributed by atoms with van der Waals surface area (Å²) in [6.45, 7) is 0. The van der Waals surface area contributed by atoms with Crippen molar-refractivity contribution in [3.05, 3.63) is 81.3 Å². The first-order valence-corrected chi connectivity index (χ1v) is 9.83. The minimum absolute atomic E-state index is 0.235. The predicted molar refractivity (Wildman–Crippen MR) is 122 cm³/mol. The molecule has 2 aromatic carbocycles. The molecule has 0 aliphatic carbocycles. The zero-order chi connectivity index (χ0) is 22.0. The van der Waals surface area contributed by atoms with Crippen LogP contribution in [-0.2, 0) is 0 Å². The van der Waals surface area contributed by atoms with Gasteiger partial charge in [-0.2, -0.15) is 5.26 Å². The summed E-state index contributed by atoms with van der Waals surface area (Å²) in [5.41, 5.74) is 3.29. The molecule has 2 heterocycles. The molecule has 0 spiro atoms. The van der Waals surface area contributed by atoms with Crippen molar-refractivity contribution in [2.24, 2.45) is 0 Å². The number of fused-ring (bicyclic) bond motifs is 1. The van der Waals surface area contributed by atoms with Gasteiger partial charge in [0.15, 0.2) is 0 Å². The van der Waals surface area contributed by atoms with Gasteiger partial charge in [0.05, 0.1) is 45.7 Å². The van der Waals surface area contributed by atoms with Crippen LogP contribution in [0.1, 0.15) is 21.5 Å². The van der Waals surface area contributed by atoms with Crippen LogP contribution in [0.2, 0.25) is 10.0 Å². The Bertz CT molecular complexity index is 1230. The van der Waals surface area contributed by atoms with E-state index in [4.69, 9.17) is 33.2 Å². The normalized spacial score (nSPS) is 13.0. The number of pyridine rings is 1. The van der Waals surface area contributed by atoms with Crippen LogP contribution in [0.15, 0.2) is 54.6 Å². The Hall–Kier alpha value is -3.73. The predicted octanol–water partition coefficient (Wildman–Crippen LogP) is 5.36. The second kappa shape index (κ2) is 8.56. The summed E-state index contributed by atoms with van der Waals surface area (Å²) in [5.74, 6) is 0.823. The van der Waals surface area contributed by atoms with Crippen molar-refractivity contribution in [1.29, 1.82) is 5.26 Å². The Morgan fingerprint density at radius 1 is 1.10 bits per heavy atom. The first-order valence-electron chi connectivity index (χ1n) is 9.07. The Labute approximate surface area is 188 Å². The third kappa shape index (κ3) is 4.12. The third-order valence-electron chi connectivity index (χ3n) is 4.59. The van der Waals surface area contributed by atoms with Crippen molar-refractivity contribution in [3.63, 3.8) is 0 Å². The number of hydrogen-bond acceptors (Lipinski definition) is 6. The fourth-order valence-corrected chi connectivity index (χ4v) is 3.56. The summed E-state index contributed by atoms with van der Waals surface area (Å²) in [5, 5.41) is 18.6. The van der Waals surface area contributed by atoms with Crippen molar-refractivity contribution in [2.75, 3.05) is 23.1 Å². The summed E-state index contributed by atoms with van der Waals surface area (Å²) in [6, 6.07) is 12.6. The van der Waals surface area contributed by atoms with Gasteiger partial charge in [-0.05, 0) is 35.9 Å². The SMILES string of the molecule is COc1ccc(C(=O)Nc2c(Cl)cncc2Cl)c2c1NC(=Cc1ccc(C#N)cc1)N2. The molecule has 0 saturated heterocycles. The molecule has 3 N–H and O–H groups in total. The minimum atomic E-state index is -0.400. The molecule has 0 bridgehead atoms. The molecular weight excluding hydrogens is 437 g/mol. The van der Waals surface area contributed by atoms with Crippen LogP contribution in [0.3, 0.4) is 0 Å². The summed E-state index contributed by atoms with van der Waals surface area (Å²) in [7, 11) is 1.55. The number of ether oxygens (including phenoxy) is 1. The summed E-state index contributed by atoms with van der Waals surface area (Å²) in [4.78, 5) is 16.9. The third-order valence-corrected chi connectivity index (χ3v) is 5.17. The minimum Gasteiger partial charge on any atom is -0.494 e. The van der Waals surface area contributed by atoms with E-state index in [1.807, 2.05) is 18.2 Å². The van der Waals surface area contributed by atoms with Gasteiger partial charge in [0, 0.05) is 12.4 Å². The van der Waals surface area contributed by atoms with Gasteiger partial charge in [-0.15, -0.1) is 0 Å². The number of hydrogen-bond donors (Lipinski definition) is 3. The monoisotopic (exact) mass is 451 g/mol. The number of rotatable bonds is 4. The largest absolute Gasteiger partial charge is 0.494 e. The molecule has 154 valence electrons. The number of methoxy groups -OCH3 is 1. The summed E-state index contributed by atoms with van der Waals surface area (Å²) < 4.78 is 5.43. The lowest BCUT2D eigenvalue weighted by Gasteiger charge is -2.12. The van der Waals surface area contributed by atoms with E-state index in [0.29, 0.717) is 34.1 Å². The second-order valence-electron chi connectivity index (χ2n) is 6.54. The van der Waals surface area contributed by atoms with E-state index in [1.165, 1.54) is 12.4 Å². The Balaban J connectivity index is 1.66. The molecule has 3 aromatic rings. The van der Waals surface area contributed by atoms with Crippen LogP contribution in [0.25, 0.3) is 6.08 Å². The Kier molecular flexibility index (Phi) is 5.67. The standard InChI is InChI=1S/C22H15Cl2N5O2/c1-31-17-7-6-14(22(30)29-20-15(23)10-26-11-16(20)24)19-21(17)28-18(27-19)8-12-2-4-13(9-25)5-3-12/h2-8,10-11,27-28H,1H3,(H,26,29,30). The number of nitrogens with one attached hydrogen (secondary N) is 3. The second-order valence-corrected chi connectivity index (χ2v) is 7.35. The number of carbonyl (C=O) groups excluding carboxylic acids is 1. The number of anilines is 3. The number of halogens is 2. The van der Waals surface area contributed by atoms with E-state index in [1.54, 1.807) is 31.4 Å². The van der Waals surface area contributed by atoms with Crippen LogP contribution in [0, 0.1) is 11.3 Å². The zero-order valence-corrected chi connectivity index (χ0v) is 17.7. The number of nitriles is 1. The molecule has 1 amide bonds. The average molecular weight is 452 g/mol. The van der Waals surface area contributed by atoms with Crippen LogP contribution in [0.5, 0.6) is 5.75 Å². The van der Waals surface area contributed by atoms with E-state index < -0.39 is 5.91 Å². The number of benzene rings is 2. The van der Waals surface area contributed by atoms with Crippen LogP contribution < -0.4 is 20.7 Å². The summed E-state index contributed by atoms with van der Waals surface area (Å²) in [6.07, 6.45) is 4.67. The quantitative estimate of drug-likeness (QED) is 0.493. The van der Waals surface area contributed by atoms with Crippen LogP contribution in [-0.4, -0.2) is 18.0 Å².